The summed E-state index contributed by atoms with van der Waals surface area (Å²) >= 11 is 17.5. The molecular weight excluding hydrogens is 326 g/mol. The number of nitrogens with two attached hydrogens (primary N) is 1. The minimum absolute atomic E-state index is 0.00819. The van der Waals surface area contributed by atoms with Gasteiger partial charge >= 0.3 is 0 Å². The van der Waals surface area contributed by atoms with Crippen LogP contribution in [-0.4, -0.2) is 5.91 Å². The zero-order valence-electron chi connectivity index (χ0n) is 9.88. The van der Waals surface area contributed by atoms with Gasteiger partial charge in [0.2, 0.25) is 0 Å². The van der Waals surface area contributed by atoms with Gasteiger partial charge in [0, 0.05) is 5.02 Å². The van der Waals surface area contributed by atoms with E-state index in [1.54, 1.807) is 0 Å². The molecule has 2 aromatic rings. The summed E-state index contributed by atoms with van der Waals surface area (Å²) in [5.41, 5.74) is 6.28. The zero-order chi connectivity index (χ0) is 14.9. The van der Waals surface area contributed by atoms with Crippen molar-refractivity contribution in [2.75, 3.05) is 11.1 Å². The van der Waals surface area contributed by atoms with Gasteiger partial charge in [-0.15, -0.1) is 0 Å². The van der Waals surface area contributed by atoms with Crippen molar-refractivity contribution >= 4 is 52.1 Å². The number of hydrogen-bond donors (Lipinski definition) is 2. The number of carbonyl (C=O) groups is 1. The van der Waals surface area contributed by atoms with Gasteiger partial charge in [-0.2, -0.15) is 0 Å². The lowest BCUT2D eigenvalue weighted by Crippen LogP contribution is -2.14. The molecule has 0 saturated heterocycles. The van der Waals surface area contributed by atoms with Gasteiger partial charge in [0.1, 0.15) is 5.82 Å². The Bertz CT molecular complexity index is 668. The molecule has 0 aliphatic carbocycles. The van der Waals surface area contributed by atoms with Crippen molar-refractivity contribution in [2.45, 2.75) is 0 Å². The number of rotatable bonds is 2. The number of halogens is 4. The van der Waals surface area contributed by atoms with Gasteiger partial charge in [0.05, 0.1) is 27.0 Å². The summed E-state index contributed by atoms with van der Waals surface area (Å²) in [6.07, 6.45) is 0. The van der Waals surface area contributed by atoms with Crippen molar-refractivity contribution in [1.29, 1.82) is 0 Å². The summed E-state index contributed by atoms with van der Waals surface area (Å²) in [7, 11) is 0. The second kappa shape index (κ2) is 5.87. The highest BCUT2D eigenvalue weighted by Gasteiger charge is 2.15. The van der Waals surface area contributed by atoms with E-state index in [0.29, 0.717) is 5.02 Å². The van der Waals surface area contributed by atoms with Gasteiger partial charge in [-0.25, -0.2) is 4.39 Å². The van der Waals surface area contributed by atoms with Crippen LogP contribution in [0.15, 0.2) is 30.3 Å². The molecule has 0 radical (unpaired) electrons. The molecule has 0 aliphatic rings. The predicted molar refractivity (Wildman–Crippen MR) is 80.2 cm³/mol. The number of nitrogen functional groups attached to an aromatic ring is 1. The quantitative estimate of drug-likeness (QED) is 0.788. The Balaban J connectivity index is 2.33. The molecule has 0 saturated carbocycles. The van der Waals surface area contributed by atoms with Crippen LogP contribution < -0.4 is 11.1 Å². The highest BCUT2D eigenvalue weighted by molar-refractivity contribution is 6.38. The summed E-state index contributed by atoms with van der Waals surface area (Å²) < 4.78 is 12.9. The fourth-order valence-corrected chi connectivity index (χ4v) is 2.39. The van der Waals surface area contributed by atoms with Crippen LogP contribution in [0.4, 0.5) is 15.8 Å². The molecule has 0 spiro atoms. The summed E-state index contributed by atoms with van der Waals surface area (Å²) in [6, 6.07) is 6.35. The maximum absolute atomic E-state index is 12.9. The topological polar surface area (TPSA) is 55.1 Å². The third kappa shape index (κ3) is 3.15. The Labute approximate surface area is 129 Å². The van der Waals surface area contributed by atoms with E-state index in [9.17, 15) is 9.18 Å². The van der Waals surface area contributed by atoms with Crippen molar-refractivity contribution in [3.8, 4) is 0 Å². The van der Waals surface area contributed by atoms with Crippen LogP contribution >= 0.6 is 34.8 Å². The van der Waals surface area contributed by atoms with E-state index in [0.717, 1.165) is 12.1 Å². The highest BCUT2D eigenvalue weighted by atomic mass is 35.5. The molecule has 3 N–H and O–H groups in total. The maximum Gasteiger partial charge on any atom is 0.257 e. The Morgan fingerprint density at radius 1 is 1.10 bits per heavy atom. The monoisotopic (exact) mass is 332 g/mol. The minimum Gasteiger partial charge on any atom is -0.397 e. The summed E-state index contributed by atoms with van der Waals surface area (Å²) in [5.74, 6) is -1.08. The lowest BCUT2D eigenvalue weighted by molar-refractivity contribution is 0.102. The average Bonchev–Trinajstić information content (AvgIpc) is 2.33. The molecule has 3 nitrogen and oxygen atoms in total. The standard InChI is InChI=1S/C13H8Cl3FN2O/c14-6-3-10(16)12(11(18)4-6)19-13(20)8-2-1-7(17)5-9(8)15/h1-5H,18H2,(H,19,20). The first-order valence-electron chi connectivity index (χ1n) is 5.39. The smallest absolute Gasteiger partial charge is 0.257 e. The molecule has 0 fully saturated rings. The molecule has 0 aromatic heterocycles. The molecule has 104 valence electrons. The first-order valence-corrected chi connectivity index (χ1v) is 6.53. The summed E-state index contributed by atoms with van der Waals surface area (Å²) in [6.45, 7) is 0. The van der Waals surface area contributed by atoms with Crippen molar-refractivity contribution in [1.82, 2.24) is 0 Å². The van der Waals surface area contributed by atoms with Crippen LogP contribution in [0, 0.1) is 5.82 Å². The number of carbonyl (C=O) groups excluding carboxylic acids is 1. The Hall–Kier alpha value is -1.49. The summed E-state index contributed by atoms with van der Waals surface area (Å²) in [5, 5.41) is 3.06. The Morgan fingerprint density at radius 2 is 1.80 bits per heavy atom. The van der Waals surface area contributed by atoms with E-state index in [1.165, 1.54) is 18.2 Å². The number of amides is 1. The van der Waals surface area contributed by atoms with Gasteiger partial charge in [0.25, 0.3) is 5.91 Å². The van der Waals surface area contributed by atoms with E-state index in [-0.39, 0.29) is 27.0 Å². The van der Waals surface area contributed by atoms with Crippen molar-refractivity contribution in [3.05, 3.63) is 56.8 Å². The molecule has 0 bridgehead atoms. The number of nitrogens with one attached hydrogen (secondary N) is 1. The molecule has 7 heteroatoms. The predicted octanol–water partition coefficient (Wildman–Crippen LogP) is 4.62. The highest BCUT2D eigenvalue weighted by Crippen LogP contribution is 2.32. The largest absolute Gasteiger partial charge is 0.397 e. The van der Waals surface area contributed by atoms with Gasteiger partial charge in [-0.1, -0.05) is 34.8 Å². The van der Waals surface area contributed by atoms with Crippen molar-refractivity contribution in [3.63, 3.8) is 0 Å². The second-order valence-electron chi connectivity index (χ2n) is 3.93. The molecule has 20 heavy (non-hydrogen) atoms. The molecular formula is C13H8Cl3FN2O. The van der Waals surface area contributed by atoms with E-state index in [2.05, 4.69) is 5.32 Å². The van der Waals surface area contributed by atoms with Crippen LogP contribution in [-0.2, 0) is 0 Å². The minimum atomic E-state index is -0.550. The van der Waals surface area contributed by atoms with Crippen molar-refractivity contribution < 1.29 is 9.18 Å². The number of hydrogen-bond acceptors (Lipinski definition) is 2. The third-order valence-corrected chi connectivity index (χ3v) is 3.33. The Morgan fingerprint density at radius 3 is 2.40 bits per heavy atom. The molecule has 0 unspecified atom stereocenters. The molecule has 1 amide bonds. The molecule has 2 aromatic carbocycles. The van der Waals surface area contributed by atoms with Crippen molar-refractivity contribution in [2.24, 2.45) is 0 Å². The van der Waals surface area contributed by atoms with Gasteiger partial charge in [-0.3, -0.25) is 4.79 Å². The van der Waals surface area contributed by atoms with E-state index in [4.69, 9.17) is 40.5 Å². The summed E-state index contributed by atoms with van der Waals surface area (Å²) in [4.78, 5) is 12.1. The first-order chi connectivity index (χ1) is 9.38. The first kappa shape index (κ1) is 14.9. The molecule has 0 atom stereocenters. The normalized spacial score (nSPS) is 10.4. The molecule has 0 aliphatic heterocycles. The number of benzene rings is 2. The zero-order valence-corrected chi connectivity index (χ0v) is 12.2. The van der Waals surface area contributed by atoms with E-state index < -0.39 is 11.7 Å². The number of anilines is 2. The fraction of sp³-hybridized carbons (Fsp3) is 0. The average molecular weight is 334 g/mol. The SMILES string of the molecule is Nc1cc(Cl)cc(Cl)c1NC(=O)c1ccc(F)cc1Cl. The maximum atomic E-state index is 12.9. The van der Waals surface area contributed by atoms with Crippen LogP contribution in [0.2, 0.25) is 15.1 Å². The van der Waals surface area contributed by atoms with Gasteiger partial charge in [0.15, 0.2) is 0 Å². The van der Waals surface area contributed by atoms with Crippen LogP contribution in [0.5, 0.6) is 0 Å². The lowest BCUT2D eigenvalue weighted by Gasteiger charge is -2.11. The lowest BCUT2D eigenvalue weighted by atomic mass is 10.2. The van der Waals surface area contributed by atoms with Gasteiger partial charge in [-0.05, 0) is 30.3 Å². The van der Waals surface area contributed by atoms with Gasteiger partial charge < -0.3 is 11.1 Å². The van der Waals surface area contributed by atoms with E-state index in [1.807, 2.05) is 0 Å². The third-order valence-electron chi connectivity index (χ3n) is 2.50. The van der Waals surface area contributed by atoms with Crippen LogP contribution in [0.25, 0.3) is 0 Å². The fourth-order valence-electron chi connectivity index (χ4n) is 1.58. The van der Waals surface area contributed by atoms with Crippen LogP contribution in [0.3, 0.4) is 0 Å². The Kier molecular flexibility index (Phi) is 4.38. The van der Waals surface area contributed by atoms with E-state index >= 15 is 0 Å². The van der Waals surface area contributed by atoms with Crippen LogP contribution in [0.1, 0.15) is 10.4 Å². The second-order valence-corrected chi connectivity index (χ2v) is 5.18. The molecule has 0 heterocycles. The molecule has 2 rings (SSSR count).